The summed E-state index contributed by atoms with van der Waals surface area (Å²) >= 11 is 0. The highest BCUT2D eigenvalue weighted by atomic mass is 19.1. The molecular weight excluding hydrogens is 263 g/mol. The van der Waals surface area contributed by atoms with Gasteiger partial charge in [-0.15, -0.1) is 0 Å². The van der Waals surface area contributed by atoms with Gasteiger partial charge in [0.1, 0.15) is 5.82 Å². The molecule has 1 aromatic rings. The number of benzene rings is 1. The molecule has 1 fully saturated rings. The van der Waals surface area contributed by atoms with Gasteiger partial charge in [-0.05, 0) is 19.1 Å². The Kier molecular flexibility index (Phi) is 4.92. The third-order valence-corrected chi connectivity index (χ3v) is 3.30. The summed E-state index contributed by atoms with van der Waals surface area (Å²) in [5.41, 5.74) is 0.496. The van der Waals surface area contributed by atoms with Gasteiger partial charge in [0.25, 0.3) is 5.91 Å². The monoisotopic (exact) mass is 282 g/mol. The van der Waals surface area contributed by atoms with Gasteiger partial charge in [-0.25, -0.2) is 4.39 Å². The fraction of sp³-hybridized carbons (Fsp3) is 0.500. The van der Waals surface area contributed by atoms with Crippen LogP contribution in [0, 0.1) is 5.82 Å². The fourth-order valence-electron chi connectivity index (χ4n) is 2.29. The van der Waals surface area contributed by atoms with Crippen LogP contribution in [0.4, 0.5) is 10.1 Å². The second-order valence-corrected chi connectivity index (χ2v) is 4.60. The Labute approximate surface area is 117 Å². The summed E-state index contributed by atoms with van der Waals surface area (Å²) in [7, 11) is 0. The molecule has 1 amide bonds. The predicted molar refractivity (Wildman–Crippen MR) is 73.3 cm³/mol. The number of nitrogens with one attached hydrogen (secondary N) is 1. The van der Waals surface area contributed by atoms with Gasteiger partial charge in [0.05, 0.1) is 37.1 Å². The summed E-state index contributed by atoms with van der Waals surface area (Å²) in [6.07, 6.45) is 0. The molecule has 1 aromatic carbocycles. The molecule has 1 saturated heterocycles. The standard InChI is InChI=1S/C14H19FN2O3/c1-2-16-13-11(4-3-5-12(13)15)14(19)17-6-7-20-9-10(17)8-18/h3-5,10,16,18H,2,6-9H2,1H3. The van der Waals surface area contributed by atoms with Crippen molar-refractivity contribution in [1.29, 1.82) is 0 Å². The average Bonchev–Trinajstić information content (AvgIpc) is 2.48. The zero-order valence-corrected chi connectivity index (χ0v) is 11.4. The van der Waals surface area contributed by atoms with Crippen LogP contribution in [-0.4, -0.2) is 54.9 Å². The number of anilines is 1. The van der Waals surface area contributed by atoms with Crippen molar-refractivity contribution in [2.45, 2.75) is 13.0 Å². The topological polar surface area (TPSA) is 61.8 Å². The number of hydrogen-bond acceptors (Lipinski definition) is 4. The molecule has 0 bridgehead atoms. The molecule has 6 heteroatoms. The maximum absolute atomic E-state index is 13.8. The lowest BCUT2D eigenvalue weighted by molar-refractivity contribution is -0.0183. The first-order valence-electron chi connectivity index (χ1n) is 6.71. The van der Waals surface area contributed by atoms with Gasteiger partial charge in [0.2, 0.25) is 0 Å². The number of carbonyl (C=O) groups is 1. The van der Waals surface area contributed by atoms with Crippen molar-refractivity contribution in [3.05, 3.63) is 29.6 Å². The summed E-state index contributed by atoms with van der Waals surface area (Å²) in [5.74, 6) is -0.741. The van der Waals surface area contributed by atoms with E-state index in [9.17, 15) is 14.3 Å². The highest BCUT2D eigenvalue weighted by Gasteiger charge is 2.29. The second kappa shape index (κ2) is 6.67. The summed E-state index contributed by atoms with van der Waals surface area (Å²) in [5, 5.41) is 12.2. The van der Waals surface area contributed by atoms with Crippen LogP contribution in [0.2, 0.25) is 0 Å². The lowest BCUT2D eigenvalue weighted by Gasteiger charge is -2.34. The zero-order chi connectivity index (χ0) is 14.5. The first-order valence-corrected chi connectivity index (χ1v) is 6.71. The molecule has 5 nitrogen and oxygen atoms in total. The minimum absolute atomic E-state index is 0.169. The normalized spacial score (nSPS) is 18.9. The van der Waals surface area contributed by atoms with Crippen LogP contribution in [-0.2, 0) is 4.74 Å². The van der Waals surface area contributed by atoms with Gasteiger partial charge in [0, 0.05) is 13.1 Å². The molecule has 1 aliphatic rings. The maximum Gasteiger partial charge on any atom is 0.256 e. The minimum Gasteiger partial charge on any atom is -0.394 e. The number of nitrogens with zero attached hydrogens (tertiary/aromatic N) is 1. The second-order valence-electron chi connectivity index (χ2n) is 4.60. The zero-order valence-electron chi connectivity index (χ0n) is 11.4. The molecule has 1 unspecified atom stereocenters. The highest BCUT2D eigenvalue weighted by molar-refractivity contribution is 6.00. The van der Waals surface area contributed by atoms with E-state index in [4.69, 9.17) is 4.74 Å². The molecule has 110 valence electrons. The SMILES string of the molecule is CCNc1c(F)cccc1C(=O)N1CCOCC1CO. The van der Waals surface area contributed by atoms with E-state index in [0.717, 1.165) is 0 Å². The maximum atomic E-state index is 13.8. The van der Waals surface area contributed by atoms with E-state index in [1.165, 1.54) is 12.1 Å². The van der Waals surface area contributed by atoms with Gasteiger partial charge in [-0.3, -0.25) is 4.79 Å². The van der Waals surface area contributed by atoms with Crippen molar-refractivity contribution >= 4 is 11.6 Å². The van der Waals surface area contributed by atoms with Crippen LogP contribution in [0.25, 0.3) is 0 Å². The molecular formula is C14H19FN2O3. The van der Waals surface area contributed by atoms with Gasteiger partial charge in [0.15, 0.2) is 0 Å². The molecule has 0 aliphatic carbocycles. The van der Waals surface area contributed by atoms with Crippen LogP contribution >= 0.6 is 0 Å². The van der Waals surface area contributed by atoms with Gasteiger partial charge < -0.3 is 20.1 Å². The summed E-state index contributed by atoms with van der Waals surface area (Å²) in [6.45, 7) is 3.31. The van der Waals surface area contributed by atoms with Crippen LogP contribution in [0.15, 0.2) is 18.2 Å². The third-order valence-electron chi connectivity index (χ3n) is 3.30. The molecule has 0 radical (unpaired) electrons. The van der Waals surface area contributed by atoms with Crippen molar-refractivity contribution in [2.75, 3.05) is 38.2 Å². The van der Waals surface area contributed by atoms with Crippen molar-refractivity contribution in [3.63, 3.8) is 0 Å². The lowest BCUT2D eigenvalue weighted by atomic mass is 10.1. The number of hydrogen-bond donors (Lipinski definition) is 2. The Hall–Kier alpha value is -1.66. The van der Waals surface area contributed by atoms with E-state index in [1.54, 1.807) is 11.0 Å². The summed E-state index contributed by atoms with van der Waals surface area (Å²) < 4.78 is 19.1. The largest absolute Gasteiger partial charge is 0.394 e. The molecule has 0 saturated carbocycles. The van der Waals surface area contributed by atoms with Crippen molar-refractivity contribution in [2.24, 2.45) is 0 Å². The Morgan fingerprint density at radius 2 is 2.40 bits per heavy atom. The number of para-hydroxylation sites is 1. The number of carbonyl (C=O) groups excluding carboxylic acids is 1. The number of halogens is 1. The molecule has 1 heterocycles. The number of aliphatic hydroxyl groups excluding tert-OH is 1. The van der Waals surface area contributed by atoms with Crippen LogP contribution in [0.1, 0.15) is 17.3 Å². The molecule has 1 aliphatic heterocycles. The third kappa shape index (κ3) is 2.91. The van der Waals surface area contributed by atoms with Crippen LogP contribution in [0.3, 0.4) is 0 Å². The fourth-order valence-corrected chi connectivity index (χ4v) is 2.29. The van der Waals surface area contributed by atoms with E-state index < -0.39 is 5.82 Å². The number of rotatable bonds is 4. The van der Waals surface area contributed by atoms with E-state index >= 15 is 0 Å². The molecule has 20 heavy (non-hydrogen) atoms. The molecule has 2 N–H and O–H groups in total. The van der Waals surface area contributed by atoms with Crippen LogP contribution < -0.4 is 5.32 Å². The number of aliphatic hydroxyl groups is 1. The smallest absolute Gasteiger partial charge is 0.256 e. The molecule has 1 atom stereocenters. The quantitative estimate of drug-likeness (QED) is 0.868. The van der Waals surface area contributed by atoms with E-state index in [1.807, 2.05) is 6.92 Å². The summed E-state index contributed by atoms with van der Waals surface area (Å²) in [4.78, 5) is 14.1. The predicted octanol–water partition coefficient (Wildman–Crippen LogP) is 1.09. The minimum atomic E-state index is -0.452. The van der Waals surface area contributed by atoms with E-state index in [2.05, 4.69) is 5.32 Å². The lowest BCUT2D eigenvalue weighted by Crippen LogP contribution is -2.50. The molecule has 0 aromatic heterocycles. The van der Waals surface area contributed by atoms with Crippen molar-refractivity contribution in [1.82, 2.24) is 4.90 Å². The summed E-state index contributed by atoms with van der Waals surface area (Å²) in [6, 6.07) is 4.04. The Balaban J connectivity index is 2.30. The Morgan fingerprint density at radius 1 is 1.60 bits per heavy atom. The number of morpholine rings is 1. The highest BCUT2D eigenvalue weighted by Crippen LogP contribution is 2.23. The number of amides is 1. The van der Waals surface area contributed by atoms with Gasteiger partial charge in [-0.1, -0.05) is 6.07 Å². The van der Waals surface area contributed by atoms with Crippen LogP contribution in [0.5, 0.6) is 0 Å². The van der Waals surface area contributed by atoms with Crippen molar-refractivity contribution < 1.29 is 19.0 Å². The van der Waals surface area contributed by atoms with Gasteiger partial charge in [-0.2, -0.15) is 0 Å². The molecule has 2 rings (SSSR count). The first-order chi connectivity index (χ1) is 9.69. The Morgan fingerprint density at radius 3 is 3.10 bits per heavy atom. The van der Waals surface area contributed by atoms with E-state index in [-0.39, 0.29) is 29.8 Å². The first kappa shape index (κ1) is 14.7. The molecule has 0 spiro atoms. The van der Waals surface area contributed by atoms with E-state index in [0.29, 0.717) is 26.3 Å². The van der Waals surface area contributed by atoms with Gasteiger partial charge >= 0.3 is 0 Å². The van der Waals surface area contributed by atoms with Crippen molar-refractivity contribution in [3.8, 4) is 0 Å². The average molecular weight is 282 g/mol. The Bertz CT molecular complexity index is 481. The number of ether oxygens (including phenoxy) is 1.